The van der Waals surface area contributed by atoms with E-state index in [4.69, 9.17) is 0 Å². The minimum Gasteiger partial charge on any atom is -0.302 e. The number of nitrogens with zero attached hydrogens (tertiary/aromatic N) is 5. The van der Waals surface area contributed by atoms with E-state index in [0.717, 1.165) is 17.5 Å². The molecule has 8 nitrogen and oxygen atoms in total. The summed E-state index contributed by atoms with van der Waals surface area (Å²) in [4.78, 5) is 26.9. The molecule has 0 aliphatic carbocycles. The molecule has 0 fully saturated rings. The molecule has 1 aromatic carbocycles. The fourth-order valence-corrected chi connectivity index (χ4v) is 3.17. The molecule has 0 saturated heterocycles. The fourth-order valence-electron chi connectivity index (χ4n) is 3.17. The normalized spacial score (nSPS) is 11.6. The minimum atomic E-state index is -0.461. The van der Waals surface area contributed by atoms with E-state index >= 15 is 0 Å². The molecule has 0 unspecified atom stereocenters. The van der Waals surface area contributed by atoms with Crippen molar-refractivity contribution in [2.45, 2.75) is 26.8 Å². The van der Waals surface area contributed by atoms with E-state index in [-0.39, 0.29) is 0 Å². The maximum Gasteiger partial charge on any atom is 0.329 e. The Morgan fingerprint density at radius 3 is 2.52 bits per heavy atom. The van der Waals surface area contributed by atoms with Crippen LogP contribution < -0.4 is 11.2 Å². The van der Waals surface area contributed by atoms with Crippen LogP contribution in [0.5, 0.6) is 0 Å². The smallest absolute Gasteiger partial charge is 0.302 e. The zero-order valence-corrected chi connectivity index (χ0v) is 14.3. The summed E-state index contributed by atoms with van der Waals surface area (Å²) in [6.45, 7) is 4.65. The standard InChI is InChI=1S/C17H18N6O2/c1-4-9-22-12-14(24)18-17(25)21(3)15(12)23-13(19-20-16(22)23)11-7-5-10(2)6-8-11/h5-8H,4,9H2,1-3H3,(H,18,24,25). The summed E-state index contributed by atoms with van der Waals surface area (Å²) in [6, 6.07) is 7.90. The molecular formula is C17H18N6O2. The molecule has 0 aliphatic heterocycles. The molecule has 4 rings (SSSR count). The second-order valence-corrected chi connectivity index (χ2v) is 6.17. The lowest BCUT2D eigenvalue weighted by Gasteiger charge is -2.03. The van der Waals surface area contributed by atoms with E-state index in [9.17, 15) is 9.59 Å². The zero-order valence-electron chi connectivity index (χ0n) is 14.3. The highest BCUT2D eigenvalue weighted by Crippen LogP contribution is 2.24. The molecule has 1 N–H and O–H groups in total. The van der Waals surface area contributed by atoms with Gasteiger partial charge in [-0.05, 0) is 13.3 Å². The van der Waals surface area contributed by atoms with Crippen molar-refractivity contribution < 1.29 is 0 Å². The van der Waals surface area contributed by atoms with Crippen LogP contribution in [-0.2, 0) is 13.6 Å². The molecule has 0 aliphatic rings. The van der Waals surface area contributed by atoms with Gasteiger partial charge in [0, 0.05) is 19.2 Å². The molecule has 0 atom stereocenters. The first kappa shape index (κ1) is 15.4. The summed E-state index contributed by atoms with van der Waals surface area (Å²) in [5.74, 6) is 1.16. The second-order valence-electron chi connectivity index (χ2n) is 6.17. The number of hydrogen-bond acceptors (Lipinski definition) is 4. The van der Waals surface area contributed by atoms with Crippen molar-refractivity contribution in [3.8, 4) is 11.4 Å². The molecule has 0 amide bonds. The van der Waals surface area contributed by atoms with Crippen molar-refractivity contribution in [1.29, 1.82) is 0 Å². The van der Waals surface area contributed by atoms with Gasteiger partial charge in [-0.25, -0.2) is 9.20 Å². The van der Waals surface area contributed by atoms with Gasteiger partial charge in [-0.15, -0.1) is 10.2 Å². The maximum atomic E-state index is 12.5. The molecule has 3 aromatic heterocycles. The van der Waals surface area contributed by atoms with Gasteiger partial charge in [-0.3, -0.25) is 14.3 Å². The third kappa shape index (κ3) is 2.14. The van der Waals surface area contributed by atoms with Crippen LogP contribution in [0, 0.1) is 6.92 Å². The Balaban J connectivity index is 2.20. The first-order chi connectivity index (χ1) is 12.0. The number of H-pyrrole nitrogens is 1. The van der Waals surface area contributed by atoms with E-state index in [1.807, 2.05) is 42.7 Å². The Kier molecular flexibility index (Phi) is 3.34. The van der Waals surface area contributed by atoms with Crippen molar-refractivity contribution >= 4 is 16.9 Å². The van der Waals surface area contributed by atoms with Gasteiger partial charge in [0.2, 0.25) is 5.78 Å². The van der Waals surface area contributed by atoms with Crippen LogP contribution in [0.15, 0.2) is 33.9 Å². The Morgan fingerprint density at radius 1 is 1.12 bits per heavy atom. The first-order valence-electron chi connectivity index (χ1n) is 8.16. The summed E-state index contributed by atoms with van der Waals surface area (Å²) in [5.41, 5.74) is 2.08. The van der Waals surface area contributed by atoms with Crippen LogP contribution in [0.1, 0.15) is 18.9 Å². The van der Waals surface area contributed by atoms with E-state index in [0.29, 0.717) is 29.3 Å². The number of nitrogens with one attached hydrogen (secondary N) is 1. The number of aromatic nitrogens is 6. The molecule has 8 heteroatoms. The Morgan fingerprint density at radius 2 is 1.84 bits per heavy atom. The van der Waals surface area contributed by atoms with Gasteiger partial charge < -0.3 is 4.57 Å². The number of imidazole rings is 1. The van der Waals surface area contributed by atoms with E-state index in [1.165, 1.54) is 4.57 Å². The highest BCUT2D eigenvalue weighted by molar-refractivity contribution is 5.79. The van der Waals surface area contributed by atoms with E-state index < -0.39 is 11.2 Å². The van der Waals surface area contributed by atoms with Gasteiger partial charge in [0.15, 0.2) is 17.0 Å². The number of hydrogen-bond donors (Lipinski definition) is 1. The number of rotatable bonds is 3. The molecule has 3 heterocycles. The van der Waals surface area contributed by atoms with Crippen LogP contribution in [0.3, 0.4) is 0 Å². The van der Waals surface area contributed by atoms with Gasteiger partial charge in [-0.2, -0.15) is 0 Å². The number of aryl methyl sites for hydroxylation is 3. The molecule has 128 valence electrons. The molecule has 0 radical (unpaired) electrons. The Labute approximate surface area is 142 Å². The van der Waals surface area contributed by atoms with Gasteiger partial charge in [0.05, 0.1) is 0 Å². The quantitative estimate of drug-likeness (QED) is 0.612. The first-order valence-corrected chi connectivity index (χ1v) is 8.16. The molecule has 25 heavy (non-hydrogen) atoms. The fraction of sp³-hybridized carbons (Fsp3) is 0.294. The number of aromatic amines is 1. The maximum absolute atomic E-state index is 12.5. The zero-order chi connectivity index (χ0) is 17.7. The third-order valence-electron chi connectivity index (χ3n) is 4.40. The largest absolute Gasteiger partial charge is 0.329 e. The van der Waals surface area contributed by atoms with Crippen molar-refractivity contribution in [2.75, 3.05) is 0 Å². The summed E-state index contributed by atoms with van der Waals surface area (Å²) in [7, 11) is 1.63. The van der Waals surface area contributed by atoms with Gasteiger partial charge in [0.25, 0.3) is 5.56 Å². The topological polar surface area (TPSA) is 90.0 Å². The van der Waals surface area contributed by atoms with E-state index in [2.05, 4.69) is 15.2 Å². The molecule has 4 aromatic rings. The molecular weight excluding hydrogens is 320 g/mol. The summed E-state index contributed by atoms with van der Waals surface area (Å²) in [5, 5.41) is 8.61. The minimum absolute atomic E-state index is 0.410. The molecule has 0 bridgehead atoms. The van der Waals surface area contributed by atoms with E-state index in [1.54, 1.807) is 11.4 Å². The average molecular weight is 338 g/mol. The summed E-state index contributed by atoms with van der Waals surface area (Å²) in [6.07, 6.45) is 0.828. The second kappa shape index (κ2) is 5.44. The van der Waals surface area contributed by atoms with Crippen LogP contribution in [0.25, 0.3) is 28.3 Å². The lowest BCUT2D eigenvalue weighted by molar-refractivity contribution is 0.706. The van der Waals surface area contributed by atoms with Gasteiger partial charge in [-0.1, -0.05) is 36.8 Å². The van der Waals surface area contributed by atoms with Crippen LogP contribution in [0.2, 0.25) is 0 Å². The monoisotopic (exact) mass is 338 g/mol. The van der Waals surface area contributed by atoms with Crippen molar-refractivity contribution in [3.05, 3.63) is 50.7 Å². The van der Waals surface area contributed by atoms with Crippen molar-refractivity contribution in [3.63, 3.8) is 0 Å². The highest BCUT2D eigenvalue weighted by atomic mass is 16.2. The third-order valence-corrected chi connectivity index (χ3v) is 4.40. The van der Waals surface area contributed by atoms with Gasteiger partial charge in [0.1, 0.15) is 0 Å². The van der Waals surface area contributed by atoms with Crippen molar-refractivity contribution in [1.82, 2.24) is 28.7 Å². The van der Waals surface area contributed by atoms with Crippen LogP contribution in [-0.4, -0.2) is 28.7 Å². The summed E-state index contributed by atoms with van der Waals surface area (Å²) < 4.78 is 5.03. The molecule has 0 spiro atoms. The Hall–Kier alpha value is -3.16. The van der Waals surface area contributed by atoms with Crippen LogP contribution in [0.4, 0.5) is 0 Å². The Bertz CT molecular complexity index is 1210. The summed E-state index contributed by atoms with van der Waals surface area (Å²) >= 11 is 0. The van der Waals surface area contributed by atoms with Crippen LogP contribution >= 0.6 is 0 Å². The lowest BCUT2D eigenvalue weighted by Crippen LogP contribution is -2.29. The highest BCUT2D eigenvalue weighted by Gasteiger charge is 2.22. The van der Waals surface area contributed by atoms with Gasteiger partial charge >= 0.3 is 5.69 Å². The average Bonchev–Trinajstić information content (AvgIpc) is 3.13. The predicted octanol–water partition coefficient (Wildman–Crippen LogP) is 1.46. The number of benzene rings is 1. The predicted molar refractivity (Wildman–Crippen MR) is 94.8 cm³/mol. The molecule has 0 saturated carbocycles. The van der Waals surface area contributed by atoms with Crippen molar-refractivity contribution in [2.24, 2.45) is 7.05 Å². The SMILES string of the molecule is CCCn1c2c(=O)[nH]c(=O)n(C)c2n2c(-c3ccc(C)cc3)nnc12. The lowest BCUT2D eigenvalue weighted by atomic mass is 10.1. The number of fused-ring (bicyclic) bond motifs is 3.